The maximum atomic E-state index is 14.4. The molecule has 0 aromatic heterocycles. The predicted octanol–water partition coefficient (Wildman–Crippen LogP) is 6.24. The standard InChI is InChI=1S/C35H35BrClN3O5/c1-43-31-5-2-4-27(22-31)32-35(23-25-6-12-28(36)13-7-25,34(42)40-38-19-18-24-8-14-29(37)15-9-24)39-33(45-32)26-10-16-30(17-11-26)44-21-3-20-41/h2,4-17,22,32,38,41H,3,18-21,23H2,1H3,(H,40,42)/t32-,35-/m0/s1. The summed E-state index contributed by atoms with van der Waals surface area (Å²) < 4.78 is 18.8. The Balaban J connectivity index is 1.48. The zero-order valence-electron chi connectivity index (χ0n) is 24.8. The highest BCUT2D eigenvalue weighted by Gasteiger charge is 2.53. The van der Waals surface area contributed by atoms with Gasteiger partial charge in [-0.2, -0.15) is 0 Å². The third kappa shape index (κ3) is 8.23. The van der Waals surface area contributed by atoms with E-state index in [1.165, 1.54) is 0 Å². The molecule has 0 unspecified atom stereocenters. The first kappa shape index (κ1) is 32.5. The number of rotatable bonds is 14. The molecule has 0 saturated carbocycles. The molecule has 1 aliphatic rings. The minimum absolute atomic E-state index is 0.0624. The van der Waals surface area contributed by atoms with Crippen LogP contribution in [-0.2, 0) is 22.4 Å². The molecule has 1 heterocycles. The van der Waals surface area contributed by atoms with Crippen molar-refractivity contribution in [2.75, 3.05) is 26.9 Å². The molecule has 0 aliphatic carbocycles. The van der Waals surface area contributed by atoms with Crippen LogP contribution in [0.4, 0.5) is 0 Å². The number of aliphatic imine (C=N–C) groups is 1. The molecular weight excluding hydrogens is 658 g/mol. The van der Waals surface area contributed by atoms with Crippen LogP contribution < -0.4 is 20.3 Å². The number of nitrogens with one attached hydrogen (secondary N) is 2. The molecule has 2 atom stereocenters. The van der Waals surface area contributed by atoms with E-state index in [0.717, 1.165) is 21.2 Å². The molecule has 0 bridgehead atoms. The summed E-state index contributed by atoms with van der Waals surface area (Å²) in [5.41, 5.74) is 8.15. The second kappa shape index (κ2) is 15.4. The van der Waals surface area contributed by atoms with Crippen molar-refractivity contribution in [2.45, 2.75) is 30.9 Å². The third-order valence-corrected chi connectivity index (χ3v) is 8.25. The fourth-order valence-electron chi connectivity index (χ4n) is 5.11. The van der Waals surface area contributed by atoms with E-state index in [9.17, 15) is 4.79 Å². The first-order valence-corrected chi connectivity index (χ1v) is 15.8. The van der Waals surface area contributed by atoms with Gasteiger partial charge in [0.05, 0.1) is 13.7 Å². The zero-order chi connectivity index (χ0) is 31.6. The number of benzene rings is 4. The predicted molar refractivity (Wildman–Crippen MR) is 179 cm³/mol. The Morgan fingerprint density at radius 2 is 1.73 bits per heavy atom. The smallest absolute Gasteiger partial charge is 0.266 e. The highest BCUT2D eigenvalue weighted by atomic mass is 79.9. The van der Waals surface area contributed by atoms with E-state index in [-0.39, 0.29) is 18.9 Å². The zero-order valence-corrected chi connectivity index (χ0v) is 27.2. The summed E-state index contributed by atoms with van der Waals surface area (Å²) in [6, 6.07) is 30.3. The largest absolute Gasteiger partial charge is 0.497 e. The van der Waals surface area contributed by atoms with Gasteiger partial charge in [0.1, 0.15) is 11.5 Å². The molecule has 0 spiro atoms. The molecule has 234 valence electrons. The number of aliphatic hydroxyl groups is 1. The lowest BCUT2D eigenvalue weighted by atomic mass is 9.82. The summed E-state index contributed by atoms with van der Waals surface area (Å²) >= 11 is 9.54. The number of amides is 1. The molecular formula is C35H35BrClN3O5. The summed E-state index contributed by atoms with van der Waals surface area (Å²) in [6.07, 6.45) is 0.749. The summed E-state index contributed by atoms with van der Waals surface area (Å²) in [5, 5.41) is 9.74. The lowest BCUT2D eigenvalue weighted by molar-refractivity contribution is -0.130. The normalized spacial score (nSPS) is 17.3. The number of halogens is 2. The van der Waals surface area contributed by atoms with Gasteiger partial charge >= 0.3 is 0 Å². The second-order valence-corrected chi connectivity index (χ2v) is 12.0. The van der Waals surface area contributed by atoms with Crippen LogP contribution in [-0.4, -0.2) is 49.3 Å². The van der Waals surface area contributed by atoms with E-state index < -0.39 is 11.6 Å². The first-order valence-electron chi connectivity index (χ1n) is 14.7. The number of aliphatic hydroxyl groups excluding tert-OH is 1. The number of hydrazine groups is 1. The minimum atomic E-state index is -1.36. The fourth-order valence-corrected chi connectivity index (χ4v) is 5.50. The van der Waals surface area contributed by atoms with E-state index >= 15 is 0 Å². The fraction of sp³-hybridized carbons (Fsp3) is 0.257. The molecule has 8 nitrogen and oxygen atoms in total. The van der Waals surface area contributed by atoms with Gasteiger partial charge in [-0.1, -0.05) is 63.9 Å². The van der Waals surface area contributed by atoms with Gasteiger partial charge in [-0.25, -0.2) is 10.4 Å². The highest BCUT2D eigenvalue weighted by molar-refractivity contribution is 9.10. The van der Waals surface area contributed by atoms with Crippen molar-refractivity contribution in [3.05, 3.63) is 129 Å². The van der Waals surface area contributed by atoms with Crippen LogP contribution in [0.15, 0.2) is 107 Å². The van der Waals surface area contributed by atoms with Gasteiger partial charge in [0.15, 0.2) is 11.6 Å². The van der Waals surface area contributed by atoms with E-state index in [1.807, 2.05) is 97.1 Å². The summed E-state index contributed by atoms with van der Waals surface area (Å²) in [6.45, 7) is 0.973. The van der Waals surface area contributed by atoms with E-state index in [0.29, 0.717) is 54.0 Å². The van der Waals surface area contributed by atoms with Crippen molar-refractivity contribution in [2.24, 2.45) is 4.99 Å². The van der Waals surface area contributed by atoms with Crippen molar-refractivity contribution < 1.29 is 24.1 Å². The number of methoxy groups -OCH3 is 1. The Kier molecular flexibility index (Phi) is 11.1. The Hall–Kier alpha value is -3.89. The number of hydrogen-bond donors (Lipinski definition) is 3. The second-order valence-electron chi connectivity index (χ2n) is 10.6. The van der Waals surface area contributed by atoms with Crippen LogP contribution in [0.5, 0.6) is 11.5 Å². The highest BCUT2D eigenvalue weighted by Crippen LogP contribution is 2.43. The van der Waals surface area contributed by atoms with Crippen LogP contribution in [0.1, 0.15) is 34.8 Å². The maximum Gasteiger partial charge on any atom is 0.266 e. The Labute approximate surface area is 276 Å². The molecule has 45 heavy (non-hydrogen) atoms. The minimum Gasteiger partial charge on any atom is -0.497 e. The number of nitrogens with zero attached hydrogens (tertiary/aromatic N) is 1. The molecule has 1 amide bonds. The van der Waals surface area contributed by atoms with Gasteiger partial charge in [-0.15, -0.1) is 0 Å². The summed E-state index contributed by atoms with van der Waals surface area (Å²) in [4.78, 5) is 19.4. The van der Waals surface area contributed by atoms with Crippen LogP contribution in [0.25, 0.3) is 0 Å². The van der Waals surface area contributed by atoms with Gasteiger partial charge in [0, 0.05) is 41.1 Å². The molecule has 4 aromatic rings. The maximum absolute atomic E-state index is 14.4. The van der Waals surface area contributed by atoms with Crippen molar-refractivity contribution in [1.82, 2.24) is 10.9 Å². The Morgan fingerprint density at radius 3 is 2.44 bits per heavy atom. The van der Waals surface area contributed by atoms with Gasteiger partial charge < -0.3 is 19.3 Å². The molecule has 1 aliphatic heterocycles. The lowest BCUT2D eigenvalue weighted by Crippen LogP contribution is -2.54. The van der Waals surface area contributed by atoms with Crippen molar-refractivity contribution in [3.63, 3.8) is 0 Å². The van der Waals surface area contributed by atoms with Gasteiger partial charge in [-0.05, 0) is 83.8 Å². The Morgan fingerprint density at radius 1 is 1.00 bits per heavy atom. The van der Waals surface area contributed by atoms with Gasteiger partial charge in [0.2, 0.25) is 5.90 Å². The molecule has 4 aromatic carbocycles. The monoisotopic (exact) mass is 691 g/mol. The van der Waals surface area contributed by atoms with Crippen molar-refractivity contribution in [3.8, 4) is 11.5 Å². The topological polar surface area (TPSA) is 101 Å². The molecule has 3 N–H and O–H groups in total. The van der Waals surface area contributed by atoms with Gasteiger partial charge in [0.25, 0.3) is 5.91 Å². The first-order chi connectivity index (χ1) is 21.9. The molecule has 5 rings (SSSR count). The molecule has 0 fully saturated rings. The molecule has 0 radical (unpaired) electrons. The van der Waals surface area contributed by atoms with E-state index in [1.54, 1.807) is 7.11 Å². The van der Waals surface area contributed by atoms with E-state index in [4.69, 9.17) is 35.9 Å². The third-order valence-electron chi connectivity index (χ3n) is 7.47. The van der Waals surface area contributed by atoms with Crippen LogP contribution in [0.2, 0.25) is 5.02 Å². The summed E-state index contributed by atoms with van der Waals surface area (Å²) in [7, 11) is 1.60. The molecule has 0 saturated heterocycles. The number of ether oxygens (including phenoxy) is 3. The van der Waals surface area contributed by atoms with Crippen LogP contribution in [0, 0.1) is 0 Å². The van der Waals surface area contributed by atoms with Crippen molar-refractivity contribution in [1.29, 1.82) is 0 Å². The van der Waals surface area contributed by atoms with Crippen molar-refractivity contribution >= 4 is 39.3 Å². The average Bonchev–Trinajstić information content (AvgIpc) is 3.46. The quantitative estimate of drug-likeness (QED) is 0.107. The Bertz CT molecular complexity index is 1600. The number of hydrogen-bond acceptors (Lipinski definition) is 7. The van der Waals surface area contributed by atoms with Crippen LogP contribution >= 0.6 is 27.5 Å². The SMILES string of the molecule is COc1cccc([C@@H]2OC(c3ccc(OCCCO)cc3)=N[C@]2(Cc2ccc(Br)cc2)C(=O)NNCCc2ccc(Cl)cc2)c1. The van der Waals surface area contributed by atoms with E-state index in [2.05, 4.69) is 26.8 Å². The number of carbonyl (C=O) groups is 1. The lowest BCUT2D eigenvalue weighted by Gasteiger charge is -2.31. The van der Waals surface area contributed by atoms with Gasteiger partial charge in [-0.3, -0.25) is 10.2 Å². The summed E-state index contributed by atoms with van der Waals surface area (Å²) in [5.74, 6) is 1.33. The molecule has 10 heteroatoms. The van der Waals surface area contributed by atoms with Crippen LogP contribution in [0.3, 0.4) is 0 Å². The average molecular weight is 693 g/mol. The number of carbonyl (C=O) groups excluding carboxylic acids is 1.